The first-order valence-electron chi connectivity index (χ1n) is 8.04. The third-order valence-corrected chi connectivity index (χ3v) is 4.31. The van der Waals surface area contributed by atoms with E-state index in [1.54, 1.807) is 24.3 Å². The molecule has 0 radical (unpaired) electrons. The minimum atomic E-state index is -1.00. The summed E-state index contributed by atoms with van der Waals surface area (Å²) in [7, 11) is 0. The van der Waals surface area contributed by atoms with Gasteiger partial charge in [0.15, 0.2) is 0 Å². The highest BCUT2D eigenvalue weighted by Crippen LogP contribution is 2.22. The first kappa shape index (κ1) is 19.2. The Hall–Kier alpha value is -3.52. The minimum absolute atomic E-state index is 0.0574. The quantitative estimate of drug-likeness (QED) is 0.519. The first-order chi connectivity index (χ1) is 13.3. The number of benzene rings is 2. The summed E-state index contributed by atoms with van der Waals surface area (Å²) in [6, 6.07) is 12.6. The van der Waals surface area contributed by atoms with Crippen molar-refractivity contribution in [2.24, 2.45) is 0 Å². The van der Waals surface area contributed by atoms with Gasteiger partial charge < -0.3 is 9.88 Å². The Morgan fingerprint density at radius 1 is 1.18 bits per heavy atom. The Bertz CT molecular complexity index is 1130. The van der Waals surface area contributed by atoms with E-state index in [2.05, 4.69) is 5.32 Å². The molecule has 0 unspecified atom stereocenters. The molecule has 1 aromatic heterocycles. The number of hydrogen-bond acceptors (Lipinski definition) is 4. The number of pyridine rings is 1. The van der Waals surface area contributed by atoms with E-state index in [-0.39, 0.29) is 23.4 Å². The van der Waals surface area contributed by atoms with E-state index in [4.69, 9.17) is 11.6 Å². The Morgan fingerprint density at radius 2 is 1.93 bits per heavy atom. The van der Waals surface area contributed by atoms with Crippen molar-refractivity contribution in [1.82, 2.24) is 4.57 Å². The van der Waals surface area contributed by atoms with Gasteiger partial charge in [-0.2, -0.15) is 4.39 Å². The van der Waals surface area contributed by atoms with Crippen LogP contribution in [0.15, 0.2) is 65.6 Å². The molecular weight excluding hydrogens is 389 g/mol. The van der Waals surface area contributed by atoms with Gasteiger partial charge in [-0.05, 0) is 29.8 Å². The highest BCUT2D eigenvalue weighted by atomic mass is 35.5. The second-order valence-corrected chi connectivity index (χ2v) is 6.26. The van der Waals surface area contributed by atoms with Crippen molar-refractivity contribution in [2.45, 2.75) is 6.54 Å². The Labute approximate surface area is 163 Å². The van der Waals surface area contributed by atoms with Crippen LogP contribution >= 0.6 is 11.6 Å². The van der Waals surface area contributed by atoms with Crippen LogP contribution < -0.4 is 10.9 Å². The van der Waals surface area contributed by atoms with Crippen molar-refractivity contribution in [3.8, 4) is 0 Å². The lowest BCUT2D eigenvalue weighted by Crippen LogP contribution is -2.22. The number of aromatic nitrogens is 1. The molecule has 1 amide bonds. The highest BCUT2D eigenvalue weighted by Gasteiger charge is 2.16. The van der Waals surface area contributed by atoms with Gasteiger partial charge in [0, 0.05) is 29.0 Å². The molecule has 0 spiro atoms. The van der Waals surface area contributed by atoms with Crippen LogP contribution in [0.2, 0.25) is 5.02 Å². The number of carbonyl (C=O) groups excluding carboxylic acids is 1. The summed E-state index contributed by atoms with van der Waals surface area (Å²) in [5.74, 6) is -1.61. The van der Waals surface area contributed by atoms with Gasteiger partial charge in [0.05, 0.1) is 17.0 Å². The molecule has 0 aliphatic carbocycles. The van der Waals surface area contributed by atoms with E-state index >= 15 is 0 Å². The lowest BCUT2D eigenvalue weighted by atomic mass is 10.2. The molecule has 9 heteroatoms. The molecule has 3 aromatic rings. The van der Waals surface area contributed by atoms with Crippen molar-refractivity contribution in [1.29, 1.82) is 0 Å². The molecule has 28 heavy (non-hydrogen) atoms. The maximum Gasteiger partial charge on any atom is 0.306 e. The third kappa shape index (κ3) is 4.24. The number of nitro benzene ring substituents is 1. The number of hydrogen-bond donors (Lipinski definition) is 1. The Morgan fingerprint density at radius 3 is 2.64 bits per heavy atom. The van der Waals surface area contributed by atoms with Crippen molar-refractivity contribution in [3.05, 3.63) is 103 Å². The largest absolute Gasteiger partial charge is 0.322 e. The number of nitro groups is 1. The lowest BCUT2D eigenvalue weighted by molar-refractivity contribution is -0.387. The Balaban J connectivity index is 1.85. The lowest BCUT2D eigenvalue weighted by Gasteiger charge is -2.10. The van der Waals surface area contributed by atoms with Gasteiger partial charge in [-0.15, -0.1) is 0 Å². The molecule has 0 bridgehead atoms. The molecule has 0 saturated carbocycles. The zero-order valence-corrected chi connectivity index (χ0v) is 15.0. The summed E-state index contributed by atoms with van der Waals surface area (Å²) in [6.07, 6.45) is 1.36. The van der Waals surface area contributed by atoms with Crippen LogP contribution in [0.3, 0.4) is 0 Å². The van der Waals surface area contributed by atoms with E-state index in [1.165, 1.54) is 29.0 Å². The molecule has 142 valence electrons. The first-order valence-corrected chi connectivity index (χ1v) is 8.42. The fourth-order valence-electron chi connectivity index (χ4n) is 2.53. The van der Waals surface area contributed by atoms with Crippen molar-refractivity contribution in [3.63, 3.8) is 0 Å². The van der Waals surface area contributed by atoms with Crippen LogP contribution in [0.25, 0.3) is 0 Å². The van der Waals surface area contributed by atoms with Gasteiger partial charge in [-0.3, -0.25) is 19.7 Å². The molecule has 7 nitrogen and oxygen atoms in total. The van der Waals surface area contributed by atoms with Crippen LogP contribution in [0.5, 0.6) is 0 Å². The number of anilines is 1. The standard InChI is InChI=1S/C19H13ClFN3O4/c20-15-4-2-1-3-12(15)10-23-11-13(5-8-18(23)25)19(26)22-14-6-7-16(21)17(9-14)24(27)28/h1-9,11H,10H2,(H,22,26). The zero-order valence-electron chi connectivity index (χ0n) is 14.3. The predicted octanol–water partition coefficient (Wildman–Crippen LogP) is 3.85. The monoisotopic (exact) mass is 401 g/mol. The van der Waals surface area contributed by atoms with Crippen LogP contribution in [0.4, 0.5) is 15.8 Å². The molecule has 0 aliphatic heterocycles. The average molecular weight is 402 g/mol. The number of halogens is 2. The van der Waals surface area contributed by atoms with E-state index in [0.29, 0.717) is 10.6 Å². The molecular formula is C19H13ClFN3O4. The van der Waals surface area contributed by atoms with Crippen LogP contribution in [-0.2, 0) is 6.54 Å². The van der Waals surface area contributed by atoms with Crippen molar-refractivity contribution in [2.75, 3.05) is 5.32 Å². The molecule has 0 fully saturated rings. The topological polar surface area (TPSA) is 94.2 Å². The second-order valence-electron chi connectivity index (χ2n) is 5.85. The fraction of sp³-hybridized carbons (Fsp3) is 0.0526. The maximum atomic E-state index is 13.4. The second kappa shape index (κ2) is 8.01. The van der Waals surface area contributed by atoms with Crippen molar-refractivity contribution >= 4 is 28.9 Å². The Kier molecular flexibility index (Phi) is 5.51. The van der Waals surface area contributed by atoms with Gasteiger partial charge in [0.2, 0.25) is 5.82 Å². The van der Waals surface area contributed by atoms with E-state index < -0.39 is 22.3 Å². The number of amides is 1. The maximum absolute atomic E-state index is 13.4. The summed E-state index contributed by atoms with van der Waals surface area (Å²) in [5, 5.41) is 13.8. The summed E-state index contributed by atoms with van der Waals surface area (Å²) in [4.78, 5) is 34.5. The molecule has 1 N–H and O–H groups in total. The summed E-state index contributed by atoms with van der Waals surface area (Å²) < 4.78 is 14.7. The van der Waals surface area contributed by atoms with Gasteiger partial charge in [-0.25, -0.2) is 0 Å². The number of rotatable bonds is 5. The average Bonchev–Trinajstić information content (AvgIpc) is 2.66. The minimum Gasteiger partial charge on any atom is -0.322 e. The zero-order chi connectivity index (χ0) is 20.3. The van der Waals surface area contributed by atoms with E-state index in [0.717, 1.165) is 12.1 Å². The molecule has 2 aromatic carbocycles. The summed E-state index contributed by atoms with van der Waals surface area (Å²) in [6.45, 7) is 0.168. The number of nitrogens with one attached hydrogen (secondary N) is 1. The van der Waals surface area contributed by atoms with Crippen LogP contribution in [0.1, 0.15) is 15.9 Å². The molecule has 1 heterocycles. The van der Waals surface area contributed by atoms with Gasteiger partial charge >= 0.3 is 5.69 Å². The molecule has 0 aliphatic rings. The SMILES string of the molecule is O=C(Nc1ccc(F)c([N+](=O)[O-])c1)c1ccc(=O)n(Cc2ccccc2Cl)c1. The summed E-state index contributed by atoms with van der Waals surface area (Å²) >= 11 is 6.11. The number of nitrogens with zero attached hydrogens (tertiary/aromatic N) is 2. The van der Waals surface area contributed by atoms with Gasteiger partial charge in [0.1, 0.15) is 0 Å². The van der Waals surface area contributed by atoms with Crippen LogP contribution in [-0.4, -0.2) is 15.4 Å². The smallest absolute Gasteiger partial charge is 0.306 e. The van der Waals surface area contributed by atoms with Gasteiger partial charge in [-0.1, -0.05) is 29.8 Å². The van der Waals surface area contributed by atoms with Gasteiger partial charge in [0.25, 0.3) is 11.5 Å². The molecule has 0 atom stereocenters. The number of carbonyl (C=O) groups is 1. The predicted molar refractivity (Wildman–Crippen MR) is 102 cm³/mol. The molecule has 3 rings (SSSR count). The fourth-order valence-corrected chi connectivity index (χ4v) is 2.73. The third-order valence-electron chi connectivity index (χ3n) is 3.94. The van der Waals surface area contributed by atoms with Crippen LogP contribution in [0, 0.1) is 15.9 Å². The van der Waals surface area contributed by atoms with E-state index in [1.807, 2.05) is 0 Å². The van der Waals surface area contributed by atoms with Crippen molar-refractivity contribution < 1.29 is 14.1 Å². The normalized spacial score (nSPS) is 10.5. The highest BCUT2D eigenvalue weighted by molar-refractivity contribution is 6.31. The van der Waals surface area contributed by atoms with E-state index in [9.17, 15) is 24.1 Å². The molecule has 0 saturated heterocycles. The summed E-state index contributed by atoms with van der Waals surface area (Å²) in [5.41, 5.74) is -0.158.